The van der Waals surface area contributed by atoms with Crippen LogP contribution in [0.1, 0.15) is 35.8 Å². The van der Waals surface area contributed by atoms with Gasteiger partial charge in [0.15, 0.2) is 0 Å². The lowest BCUT2D eigenvalue weighted by atomic mass is 10.0. The van der Waals surface area contributed by atoms with Gasteiger partial charge in [-0.15, -0.1) is 0 Å². The standard InChI is InChI=1S/C15H17N3O/c1-10-8-18-14(9-17-10)15(16)11-3-2-4-13(7-11)19-12-5-6-12/h2-4,7-9,12,15H,5-6,16H2,1H3. The summed E-state index contributed by atoms with van der Waals surface area (Å²) in [6.07, 6.45) is 6.17. The quantitative estimate of drug-likeness (QED) is 0.911. The van der Waals surface area contributed by atoms with E-state index in [0.717, 1.165) is 35.5 Å². The lowest BCUT2D eigenvalue weighted by molar-refractivity contribution is 0.303. The highest BCUT2D eigenvalue weighted by Gasteiger charge is 2.23. The molecule has 1 aromatic carbocycles. The second-order valence-corrected chi connectivity index (χ2v) is 4.95. The van der Waals surface area contributed by atoms with Gasteiger partial charge in [-0.25, -0.2) is 0 Å². The predicted octanol–water partition coefficient (Wildman–Crippen LogP) is 2.37. The van der Waals surface area contributed by atoms with Crippen LogP contribution in [-0.2, 0) is 0 Å². The van der Waals surface area contributed by atoms with Crippen LogP contribution < -0.4 is 10.5 Å². The fourth-order valence-corrected chi connectivity index (χ4v) is 1.89. The molecule has 1 unspecified atom stereocenters. The van der Waals surface area contributed by atoms with Crippen LogP contribution in [0.25, 0.3) is 0 Å². The molecule has 1 aliphatic carbocycles. The Morgan fingerprint density at radius 2 is 2.11 bits per heavy atom. The number of aryl methyl sites for hydroxylation is 1. The summed E-state index contributed by atoms with van der Waals surface area (Å²) in [6, 6.07) is 7.65. The van der Waals surface area contributed by atoms with Gasteiger partial charge in [-0.2, -0.15) is 0 Å². The molecular formula is C15H17N3O. The van der Waals surface area contributed by atoms with Gasteiger partial charge in [0.2, 0.25) is 0 Å². The monoisotopic (exact) mass is 255 g/mol. The van der Waals surface area contributed by atoms with Crippen LogP contribution in [0.5, 0.6) is 5.75 Å². The van der Waals surface area contributed by atoms with E-state index < -0.39 is 0 Å². The van der Waals surface area contributed by atoms with Crippen molar-refractivity contribution in [1.29, 1.82) is 0 Å². The summed E-state index contributed by atoms with van der Waals surface area (Å²) >= 11 is 0. The molecule has 0 radical (unpaired) electrons. The van der Waals surface area contributed by atoms with Crippen molar-refractivity contribution in [2.45, 2.75) is 31.9 Å². The maximum absolute atomic E-state index is 6.22. The number of hydrogen-bond acceptors (Lipinski definition) is 4. The first-order valence-corrected chi connectivity index (χ1v) is 6.53. The zero-order valence-corrected chi connectivity index (χ0v) is 10.9. The number of rotatable bonds is 4. The van der Waals surface area contributed by atoms with E-state index in [0.29, 0.717) is 6.10 Å². The van der Waals surface area contributed by atoms with Crippen molar-refractivity contribution in [3.8, 4) is 5.75 Å². The second kappa shape index (κ2) is 4.97. The Kier molecular flexibility index (Phi) is 3.17. The van der Waals surface area contributed by atoms with E-state index in [2.05, 4.69) is 9.97 Å². The first-order chi connectivity index (χ1) is 9.22. The van der Waals surface area contributed by atoms with Crippen LogP contribution in [0.3, 0.4) is 0 Å². The number of nitrogens with zero attached hydrogens (tertiary/aromatic N) is 2. The van der Waals surface area contributed by atoms with Crippen molar-refractivity contribution in [3.63, 3.8) is 0 Å². The third-order valence-electron chi connectivity index (χ3n) is 3.16. The average Bonchev–Trinajstić information content (AvgIpc) is 3.23. The van der Waals surface area contributed by atoms with Gasteiger partial charge in [0.1, 0.15) is 5.75 Å². The minimum atomic E-state index is -0.268. The fraction of sp³-hybridized carbons (Fsp3) is 0.333. The summed E-state index contributed by atoms with van der Waals surface area (Å²) < 4.78 is 5.78. The minimum absolute atomic E-state index is 0.268. The van der Waals surface area contributed by atoms with Crippen LogP contribution in [0, 0.1) is 6.92 Å². The third kappa shape index (κ3) is 2.90. The zero-order chi connectivity index (χ0) is 13.2. The highest BCUT2D eigenvalue weighted by Crippen LogP contribution is 2.28. The van der Waals surface area contributed by atoms with Crippen LogP contribution in [0.4, 0.5) is 0 Å². The van der Waals surface area contributed by atoms with Gasteiger partial charge in [0, 0.05) is 6.20 Å². The largest absolute Gasteiger partial charge is 0.490 e. The summed E-state index contributed by atoms with van der Waals surface area (Å²) in [5.41, 5.74) is 8.88. The number of hydrogen-bond donors (Lipinski definition) is 1. The smallest absolute Gasteiger partial charge is 0.120 e. The van der Waals surface area contributed by atoms with E-state index in [1.807, 2.05) is 31.2 Å². The maximum atomic E-state index is 6.22. The third-order valence-corrected chi connectivity index (χ3v) is 3.16. The van der Waals surface area contributed by atoms with Crippen LogP contribution >= 0.6 is 0 Å². The van der Waals surface area contributed by atoms with Crippen molar-refractivity contribution >= 4 is 0 Å². The SMILES string of the molecule is Cc1cnc(C(N)c2cccc(OC3CC3)c2)cn1. The number of ether oxygens (including phenoxy) is 1. The van der Waals surface area contributed by atoms with Crippen molar-refractivity contribution in [2.24, 2.45) is 5.73 Å². The molecule has 0 spiro atoms. The molecule has 4 heteroatoms. The minimum Gasteiger partial charge on any atom is -0.490 e. The fourth-order valence-electron chi connectivity index (χ4n) is 1.89. The average molecular weight is 255 g/mol. The first kappa shape index (κ1) is 12.1. The Hall–Kier alpha value is -1.94. The van der Waals surface area contributed by atoms with Gasteiger partial charge in [-0.3, -0.25) is 9.97 Å². The molecule has 3 rings (SSSR count). The molecule has 0 aliphatic heterocycles. The Morgan fingerprint density at radius 3 is 2.79 bits per heavy atom. The highest BCUT2D eigenvalue weighted by molar-refractivity contribution is 5.34. The van der Waals surface area contributed by atoms with Crippen molar-refractivity contribution in [2.75, 3.05) is 0 Å². The lowest BCUT2D eigenvalue weighted by Gasteiger charge is -2.13. The second-order valence-electron chi connectivity index (χ2n) is 4.95. The molecule has 98 valence electrons. The summed E-state index contributed by atoms with van der Waals surface area (Å²) in [4.78, 5) is 8.56. The number of benzene rings is 1. The summed E-state index contributed by atoms with van der Waals surface area (Å²) in [5, 5.41) is 0. The van der Waals surface area contributed by atoms with Crippen molar-refractivity contribution < 1.29 is 4.74 Å². The molecule has 1 saturated carbocycles. The molecule has 19 heavy (non-hydrogen) atoms. The van der Waals surface area contributed by atoms with Gasteiger partial charge in [0.05, 0.1) is 29.7 Å². The molecule has 1 fully saturated rings. The molecular weight excluding hydrogens is 238 g/mol. The maximum Gasteiger partial charge on any atom is 0.120 e. The van der Waals surface area contributed by atoms with Crippen LogP contribution in [0.15, 0.2) is 36.7 Å². The highest BCUT2D eigenvalue weighted by atomic mass is 16.5. The summed E-state index contributed by atoms with van der Waals surface area (Å²) in [6.45, 7) is 1.91. The Morgan fingerprint density at radius 1 is 1.26 bits per heavy atom. The molecule has 1 heterocycles. The molecule has 2 aromatic rings. The molecule has 0 bridgehead atoms. The van der Waals surface area contributed by atoms with Gasteiger partial charge >= 0.3 is 0 Å². The molecule has 1 aromatic heterocycles. The molecule has 0 amide bonds. The van der Waals surface area contributed by atoms with Crippen molar-refractivity contribution in [1.82, 2.24) is 9.97 Å². The van der Waals surface area contributed by atoms with Crippen LogP contribution in [0.2, 0.25) is 0 Å². The molecule has 1 atom stereocenters. The lowest BCUT2D eigenvalue weighted by Crippen LogP contribution is -2.14. The van der Waals surface area contributed by atoms with E-state index in [4.69, 9.17) is 10.5 Å². The number of aromatic nitrogens is 2. The van der Waals surface area contributed by atoms with E-state index in [1.54, 1.807) is 12.4 Å². The molecule has 4 nitrogen and oxygen atoms in total. The zero-order valence-electron chi connectivity index (χ0n) is 10.9. The van der Waals surface area contributed by atoms with Gasteiger partial charge in [-0.05, 0) is 37.5 Å². The molecule has 0 saturated heterocycles. The van der Waals surface area contributed by atoms with Gasteiger partial charge < -0.3 is 10.5 Å². The predicted molar refractivity (Wildman–Crippen MR) is 72.9 cm³/mol. The Labute approximate surface area is 112 Å². The Balaban J connectivity index is 1.81. The normalized spacial score (nSPS) is 16.1. The summed E-state index contributed by atoms with van der Waals surface area (Å²) in [5.74, 6) is 0.885. The van der Waals surface area contributed by atoms with E-state index >= 15 is 0 Å². The van der Waals surface area contributed by atoms with Crippen LogP contribution in [-0.4, -0.2) is 16.1 Å². The first-order valence-electron chi connectivity index (χ1n) is 6.53. The topological polar surface area (TPSA) is 61.0 Å². The molecule has 1 aliphatic rings. The van der Waals surface area contributed by atoms with E-state index in [9.17, 15) is 0 Å². The van der Waals surface area contributed by atoms with Gasteiger partial charge in [-0.1, -0.05) is 12.1 Å². The summed E-state index contributed by atoms with van der Waals surface area (Å²) in [7, 11) is 0. The molecule has 2 N–H and O–H groups in total. The van der Waals surface area contributed by atoms with Gasteiger partial charge in [0.25, 0.3) is 0 Å². The Bertz CT molecular complexity index is 564. The van der Waals surface area contributed by atoms with Crippen molar-refractivity contribution in [3.05, 3.63) is 53.6 Å². The van der Waals surface area contributed by atoms with E-state index in [-0.39, 0.29) is 6.04 Å². The van der Waals surface area contributed by atoms with E-state index in [1.165, 1.54) is 0 Å². The number of nitrogens with two attached hydrogens (primary N) is 1.